The van der Waals surface area contributed by atoms with Crippen LogP contribution in [0.2, 0.25) is 0 Å². The minimum absolute atomic E-state index is 0.0379. The molecule has 88 valence electrons. The van der Waals surface area contributed by atoms with Gasteiger partial charge in [0.05, 0.1) is 0 Å². The standard InChI is InChI=1S/C9H19N3O2S/c1-8(13)12(4-3-10)5-7-15-6-2-9(11)14/h2-7,10H2,1H3,(H2,11,14). The van der Waals surface area contributed by atoms with Crippen LogP contribution in [0.3, 0.4) is 0 Å². The topological polar surface area (TPSA) is 89.4 Å². The van der Waals surface area contributed by atoms with E-state index in [1.807, 2.05) is 0 Å². The summed E-state index contributed by atoms with van der Waals surface area (Å²) < 4.78 is 0. The number of rotatable bonds is 8. The number of amides is 2. The summed E-state index contributed by atoms with van der Waals surface area (Å²) in [4.78, 5) is 23.2. The molecule has 0 aromatic rings. The van der Waals surface area contributed by atoms with Crippen LogP contribution in [0.4, 0.5) is 0 Å². The summed E-state index contributed by atoms with van der Waals surface area (Å²) in [7, 11) is 0. The Morgan fingerprint density at radius 2 is 1.93 bits per heavy atom. The van der Waals surface area contributed by atoms with E-state index in [2.05, 4.69) is 0 Å². The van der Waals surface area contributed by atoms with Gasteiger partial charge in [0, 0.05) is 44.5 Å². The maximum absolute atomic E-state index is 11.1. The van der Waals surface area contributed by atoms with E-state index in [9.17, 15) is 9.59 Å². The van der Waals surface area contributed by atoms with Gasteiger partial charge in [0.15, 0.2) is 0 Å². The molecule has 2 amide bonds. The van der Waals surface area contributed by atoms with Crippen LogP contribution in [0.25, 0.3) is 0 Å². The molecule has 0 aromatic carbocycles. The number of hydrogen-bond donors (Lipinski definition) is 2. The van der Waals surface area contributed by atoms with Crippen molar-refractivity contribution in [3.63, 3.8) is 0 Å². The third kappa shape index (κ3) is 8.26. The summed E-state index contributed by atoms with van der Waals surface area (Å²) in [6.45, 7) is 3.27. The van der Waals surface area contributed by atoms with Crippen LogP contribution in [-0.4, -0.2) is 47.9 Å². The van der Waals surface area contributed by atoms with Crippen LogP contribution in [0.5, 0.6) is 0 Å². The first kappa shape index (κ1) is 14.2. The van der Waals surface area contributed by atoms with E-state index < -0.39 is 0 Å². The van der Waals surface area contributed by atoms with Crippen LogP contribution in [0.15, 0.2) is 0 Å². The first-order valence-corrected chi connectivity index (χ1v) is 6.05. The van der Waals surface area contributed by atoms with Crippen molar-refractivity contribution >= 4 is 23.6 Å². The molecule has 0 aliphatic carbocycles. The largest absolute Gasteiger partial charge is 0.370 e. The van der Waals surface area contributed by atoms with Crippen molar-refractivity contribution in [3.8, 4) is 0 Å². The molecule has 5 nitrogen and oxygen atoms in total. The highest BCUT2D eigenvalue weighted by Gasteiger charge is 2.06. The summed E-state index contributed by atoms with van der Waals surface area (Å²) in [5, 5.41) is 0. The molecule has 0 atom stereocenters. The van der Waals surface area contributed by atoms with Crippen molar-refractivity contribution in [1.29, 1.82) is 0 Å². The number of nitrogens with zero attached hydrogens (tertiary/aromatic N) is 1. The molecule has 0 spiro atoms. The predicted octanol–water partition coefficient (Wildman–Crippen LogP) is -0.598. The Kier molecular flexibility index (Phi) is 8.12. The number of hydrogen-bond acceptors (Lipinski definition) is 4. The van der Waals surface area contributed by atoms with E-state index in [-0.39, 0.29) is 11.8 Å². The fourth-order valence-electron chi connectivity index (χ4n) is 1.03. The van der Waals surface area contributed by atoms with Gasteiger partial charge in [0.1, 0.15) is 0 Å². The van der Waals surface area contributed by atoms with Gasteiger partial charge in [-0.25, -0.2) is 0 Å². The van der Waals surface area contributed by atoms with Crippen molar-refractivity contribution in [1.82, 2.24) is 4.90 Å². The van der Waals surface area contributed by atoms with Crippen LogP contribution >= 0.6 is 11.8 Å². The second-order valence-electron chi connectivity index (χ2n) is 3.12. The number of nitrogens with two attached hydrogens (primary N) is 2. The van der Waals surface area contributed by atoms with E-state index >= 15 is 0 Å². The SMILES string of the molecule is CC(=O)N(CCN)CCSCCC(N)=O. The van der Waals surface area contributed by atoms with Crippen LogP contribution < -0.4 is 11.5 Å². The Labute approximate surface area is 94.5 Å². The van der Waals surface area contributed by atoms with Gasteiger partial charge in [0.2, 0.25) is 11.8 Å². The third-order valence-electron chi connectivity index (χ3n) is 1.84. The molecule has 6 heteroatoms. The quantitative estimate of drug-likeness (QED) is 0.548. The smallest absolute Gasteiger partial charge is 0.219 e. The van der Waals surface area contributed by atoms with Crippen molar-refractivity contribution in [3.05, 3.63) is 0 Å². The van der Waals surface area contributed by atoms with Gasteiger partial charge in [-0.3, -0.25) is 9.59 Å². The molecule has 0 unspecified atom stereocenters. The maximum atomic E-state index is 11.1. The molecule has 15 heavy (non-hydrogen) atoms. The molecule has 0 aromatic heterocycles. The second-order valence-corrected chi connectivity index (χ2v) is 4.35. The summed E-state index contributed by atoms with van der Waals surface area (Å²) >= 11 is 1.62. The Balaban J connectivity index is 3.53. The highest BCUT2D eigenvalue weighted by atomic mass is 32.2. The Bertz CT molecular complexity index is 212. The van der Waals surface area contributed by atoms with Crippen molar-refractivity contribution in [2.45, 2.75) is 13.3 Å². The second kappa shape index (κ2) is 8.55. The fraction of sp³-hybridized carbons (Fsp3) is 0.778. The van der Waals surface area contributed by atoms with Gasteiger partial charge < -0.3 is 16.4 Å². The fourth-order valence-corrected chi connectivity index (χ4v) is 1.93. The number of carbonyl (C=O) groups is 2. The Morgan fingerprint density at radius 3 is 2.40 bits per heavy atom. The van der Waals surface area contributed by atoms with E-state index in [4.69, 9.17) is 11.5 Å². The highest BCUT2D eigenvalue weighted by molar-refractivity contribution is 7.99. The lowest BCUT2D eigenvalue weighted by Gasteiger charge is -2.19. The summed E-state index contributed by atoms with van der Waals surface area (Å²) in [6, 6.07) is 0. The lowest BCUT2D eigenvalue weighted by Crippen LogP contribution is -2.35. The summed E-state index contributed by atoms with van der Waals surface area (Å²) in [5.41, 5.74) is 10.4. The van der Waals surface area contributed by atoms with E-state index in [0.717, 1.165) is 5.75 Å². The summed E-state index contributed by atoms with van der Waals surface area (Å²) in [6.07, 6.45) is 0.391. The first-order chi connectivity index (χ1) is 7.07. The lowest BCUT2D eigenvalue weighted by molar-refractivity contribution is -0.128. The van der Waals surface area contributed by atoms with Crippen LogP contribution in [-0.2, 0) is 9.59 Å². The number of thioether (sulfide) groups is 1. The molecule has 0 rings (SSSR count). The zero-order valence-electron chi connectivity index (χ0n) is 9.07. The van der Waals surface area contributed by atoms with Crippen molar-refractivity contribution < 1.29 is 9.59 Å². The molecule has 0 saturated carbocycles. The minimum Gasteiger partial charge on any atom is -0.370 e. The zero-order valence-corrected chi connectivity index (χ0v) is 9.89. The summed E-state index contributed by atoms with van der Waals surface area (Å²) in [5.74, 6) is 1.28. The van der Waals surface area contributed by atoms with Crippen molar-refractivity contribution in [2.24, 2.45) is 11.5 Å². The van der Waals surface area contributed by atoms with Gasteiger partial charge in [-0.15, -0.1) is 0 Å². The van der Waals surface area contributed by atoms with E-state index in [0.29, 0.717) is 31.8 Å². The Hall–Kier alpha value is -0.750. The first-order valence-electron chi connectivity index (χ1n) is 4.89. The van der Waals surface area contributed by atoms with Gasteiger partial charge in [-0.05, 0) is 0 Å². The third-order valence-corrected chi connectivity index (χ3v) is 2.81. The average Bonchev–Trinajstić information content (AvgIpc) is 2.15. The van der Waals surface area contributed by atoms with Crippen LogP contribution in [0, 0.1) is 0 Å². The molecule has 0 radical (unpaired) electrons. The van der Waals surface area contributed by atoms with E-state index in [1.54, 1.807) is 16.7 Å². The monoisotopic (exact) mass is 233 g/mol. The maximum Gasteiger partial charge on any atom is 0.219 e. The molecule has 0 aliphatic heterocycles. The van der Waals surface area contributed by atoms with Gasteiger partial charge >= 0.3 is 0 Å². The van der Waals surface area contributed by atoms with E-state index in [1.165, 1.54) is 6.92 Å². The molecule has 0 fully saturated rings. The van der Waals surface area contributed by atoms with Gasteiger partial charge in [-0.2, -0.15) is 11.8 Å². The molecule has 0 saturated heterocycles. The zero-order chi connectivity index (χ0) is 11.7. The minimum atomic E-state index is -0.284. The molecular weight excluding hydrogens is 214 g/mol. The van der Waals surface area contributed by atoms with Gasteiger partial charge in [-0.1, -0.05) is 0 Å². The molecule has 4 N–H and O–H groups in total. The number of carbonyl (C=O) groups excluding carboxylic acids is 2. The normalized spacial score (nSPS) is 10.0. The van der Waals surface area contributed by atoms with Gasteiger partial charge in [0.25, 0.3) is 0 Å². The molecule has 0 aliphatic rings. The lowest BCUT2D eigenvalue weighted by atomic mass is 10.4. The number of primary amides is 1. The van der Waals surface area contributed by atoms with Crippen molar-refractivity contribution in [2.75, 3.05) is 31.1 Å². The molecular formula is C9H19N3O2S. The molecule has 0 bridgehead atoms. The van der Waals surface area contributed by atoms with Crippen LogP contribution in [0.1, 0.15) is 13.3 Å². The average molecular weight is 233 g/mol. The highest BCUT2D eigenvalue weighted by Crippen LogP contribution is 2.03. The molecule has 0 heterocycles. The predicted molar refractivity (Wildman–Crippen MR) is 62.4 cm³/mol. The Morgan fingerprint density at radius 1 is 1.27 bits per heavy atom.